The Bertz CT molecular complexity index is 1300. The molecule has 0 saturated carbocycles. The summed E-state index contributed by atoms with van der Waals surface area (Å²) in [4.78, 5) is 0.253. The number of benzene rings is 3. The van der Waals surface area contributed by atoms with Crippen molar-refractivity contribution in [2.24, 2.45) is 10.2 Å². The highest BCUT2D eigenvalue weighted by Gasteiger charge is 2.25. The Labute approximate surface area is 196 Å². The van der Waals surface area contributed by atoms with Gasteiger partial charge in [0.15, 0.2) is 0 Å². The highest BCUT2D eigenvalue weighted by molar-refractivity contribution is 7.91. The van der Waals surface area contributed by atoms with Crippen LogP contribution in [-0.2, 0) is 20.7 Å². The number of nitrogen functional groups attached to an aromatic ring is 1. The van der Waals surface area contributed by atoms with Crippen molar-refractivity contribution >= 4 is 26.9 Å². The van der Waals surface area contributed by atoms with Gasteiger partial charge in [0.1, 0.15) is 17.1 Å². The lowest BCUT2D eigenvalue weighted by molar-refractivity contribution is 0.446. The van der Waals surface area contributed by atoms with Crippen LogP contribution in [0.15, 0.2) is 80.7 Å². The molecule has 0 spiro atoms. The molecule has 3 rings (SSSR count). The van der Waals surface area contributed by atoms with Crippen molar-refractivity contribution < 1.29 is 13.5 Å². The van der Waals surface area contributed by atoms with E-state index in [4.69, 9.17) is 5.73 Å². The fraction of sp³-hybridized carbons (Fsp3) is 0.308. The predicted octanol–water partition coefficient (Wildman–Crippen LogP) is 6.82. The first-order valence-corrected chi connectivity index (χ1v) is 12.2. The van der Waals surface area contributed by atoms with E-state index in [0.29, 0.717) is 5.69 Å². The van der Waals surface area contributed by atoms with Crippen molar-refractivity contribution in [1.82, 2.24) is 0 Å². The Hall–Kier alpha value is -3.19. The van der Waals surface area contributed by atoms with E-state index in [0.717, 1.165) is 11.1 Å². The molecule has 0 saturated heterocycles. The molecule has 0 aliphatic heterocycles. The zero-order valence-electron chi connectivity index (χ0n) is 19.9. The predicted molar refractivity (Wildman–Crippen MR) is 132 cm³/mol. The number of sulfone groups is 1. The Balaban J connectivity index is 2.10. The molecule has 7 heteroatoms. The summed E-state index contributed by atoms with van der Waals surface area (Å²) < 4.78 is 26.0. The van der Waals surface area contributed by atoms with Gasteiger partial charge >= 0.3 is 0 Å². The van der Waals surface area contributed by atoms with E-state index in [1.54, 1.807) is 24.3 Å². The van der Waals surface area contributed by atoms with Crippen LogP contribution in [0.5, 0.6) is 5.75 Å². The number of nitrogens with two attached hydrogens (primary N) is 1. The number of azo groups is 1. The largest absolute Gasteiger partial charge is 0.505 e. The normalized spacial score (nSPS) is 12.9. The highest BCUT2D eigenvalue weighted by atomic mass is 32.2. The molecule has 0 unspecified atom stereocenters. The standard InChI is InChI=1S/C26H31N3O3S/c1-25(2,3)17-14-20(26(4,5)6)24(30)23(15-17)29-28-22-16-19(12-13-21(22)27)33(31,32)18-10-8-7-9-11-18/h7-16,30H,27H2,1-6H3. The number of anilines is 1. The lowest BCUT2D eigenvalue weighted by Gasteiger charge is -2.26. The summed E-state index contributed by atoms with van der Waals surface area (Å²) in [6, 6.07) is 16.3. The lowest BCUT2D eigenvalue weighted by atomic mass is 9.80. The van der Waals surface area contributed by atoms with Gasteiger partial charge in [-0.15, -0.1) is 10.2 Å². The maximum Gasteiger partial charge on any atom is 0.206 e. The molecule has 0 bridgehead atoms. The molecule has 0 amide bonds. The second kappa shape index (κ2) is 8.63. The Morgan fingerprint density at radius 3 is 1.94 bits per heavy atom. The van der Waals surface area contributed by atoms with Crippen molar-refractivity contribution in [3.8, 4) is 5.75 Å². The third kappa shape index (κ3) is 5.25. The third-order valence-electron chi connectivity index (χ3n) is 5.40. The van der Waals surface area contributed by atoms with Gasteiger partial charge in [-0.25, -0.2) is 8.42 Å². The molecular weight excluding hydrogens is 434 g/mol. The molecular formula is C26H31N3O3S. The summed E-state index contributed by atoms with van der Waals surface area (Å²) in [7, 11) is -3.73. The maximum absolute atomic E-state index is 13.0. The van der Waals surface area contributed by atoms with Crippen LogP contribution in [0.4, 0.5) is 17.1 Å². The van der Waals surface area contributed by atoms with Crippen LogP contribution >= 0.6 is 0 Å². The summed E-state index contributed by atoms with van der Waals surface area (Å²) in [6.45, 7) is 12.3. The minimum Gasteiger partial charge on any atom is -0.505 e. The smallest absolute Gasteiger partial charge is 0.206 e. The minimum atomic E-state index is -3.73. The minimum absolute atomic E-state index is 0.0471. The average Bonchev–Trinajstić information content (AvgIpc) is 2.72. The summed E-state index contributed by atoms with van der Waals surface area (Å²) >= 11 is 0. The second-order valence-electron chi connectivity index (χ2n) is 10.1. The molecule has 174 valence electrons. The van der Waals surface area contributed by atoms with Crippen LogP contribution in [0.3, 0.4) is 0 Å². The number of hydrogen-bond acceptors (Lipinski definition) is 6. The highest BCUT2D eigenvalue weighted by Crippen LogP contribution is 2.42. The van der Waals surface area contributed by atoms with Crippen molar-refractivity contribution in [3.05, 3.63) is 71.8 Å². The molecule has 33 heavy (non-hydrogen) atoms. The monoisotopic (exact) mass is 465 g/mol. The number of rotatable bonds is 4. The SMILES string of the molecule is CC(C)(C)c1cc(N=Nc2cc(S(=O)(=O)c3ccccc3)ccc2N)c(O)c(C(C)(C)C)c1. The van der Waals surface area contributed by atoms with E-state index in [2.05, 4.69) is 31.0 Å². The third-order valence-corrected chi connectivity index (χ3v) is 7.16. The molecule has 0 aliphatic carbocycles. The van der Waals surface area contributed by atoms with Crippen molar-refractivity contribution in [3.63, 3.8) is 0 Å². The van der Waals surface area contributed by atoms with Gasteiger partial charge in [0.05, 0.1) is 15.5 Å². The van der Waals surface area contributed by atoms with Crippen LogP contribution in [0.25, 0.3) is 0 Å². The Morgan fingerprint density at radius 2 is 1.36 bits per heavy atom. The van der Waals surface area contributed by atoms with Gasteiger partial charge in [-0.1, -0.05) is 65.8 Å². The number of phenolic OH excluding ortho intramolecular Hbond substituents is 1. The van der Waals surface area contributed by atoms with Crippen LogP contribution in [0, 0.1) is 0 Å². The first kappa shape index (κ1) is 24.5. The quantitative estimate of drug-likeness (QED) is 0.326. The van der Waals surface area contributed by atoms with Gasteiger partial charge < -0.3 is 10.8 Å². The average molecular weight is 466 g/mol. The molecule has 3 N–H and O–H groups in total. The maximum atomic E-state index is 13.0. The van der Waals surface area contributed by atoms with Gasteiger partial charge in [0.2, 0.25) is 9.84 Å². The van der Waals surface area contributed by atoms with Crippen molar-refractivity contribution in [1.29, 1.82) is 0 Å². The van der Waals surface area contributed by atoms with E-state index in [1.807, 2.05) is 26.8 Å². The molecule has 3 aromatic carbocycles. The van der Waals surface area contributed by atoms with Gasteiger partial charge in [0, 0.05) is 5.56 Å². The fourth-order valence-corrected chi connectivity index (χ4v) is 4.62. The number of aromatic hydroxyl groups is 1. The Morgan fingerprint density at radius 1 is 0.758 bits per heavy atom. The summed E-state index contributed by atoms with van der Waals surface area (Å²) in [5.41, 5.74) is 8.16. The number of phenols is 1. The number of hydrogen-bond donors (Lipinski definition) is 2. The second-order valence-corrected chi connectivity index (χ2v) is 12.1. The van der Waals surface area contributed by atoms with Crippen LogP contribution in [-0.4, -0.2) is 13.5 Å². The van der Waals surface area contributed by atoms with Crippen LogP contribution in [0.1, 0.15) is 52.7 Å². The molecule has 0 aromatic heterocycles. The van der Waals surface area contributed by atoms with Gasteiger partial charge in [-0.3, -0.25) is 0 Å². The zero-order chi connectivity index (χ0) is 24.6. The Kier molecular flexibility index (Phi) is 6.40. The van der Waals surface area contributed by atoms with E-state index < -0.39 is 9.84 Å². The van der Waals surface area contributed by atoms with Gasteiger partial charge in [-0.2, -0.15) is 0 Å². The summed E-state index contributed by atoms with van der Waals surface area (Å²) in [6.07, 6.45) is 0. The molecule has 0 fully saturated rings. The van der Waals surface area contributed by atoms with Crippen LogP contribution in [0.2, 0.25) is 0 Å². The molecule has 0 aliphatic rings. The van der Waals surface area contributed by atoms with Gasteiger partial charge in [-0.05, 0) is 52.8 Å². The first-order valence-electron chi connectivity index (χ1n) is 10.7. The summed E-state index contributed by atoms with van der Waals surface area (Å²) in [5, 5.41) is 19.4. The molecule has 3 aromatic rings. The van der Waals surface area contributed by atoms with Crippen LogP contribution < -0.4 is 5.73 Å². The fourth-order valence-electron chi connectivity index (χ4n) is 3.32. The van der Waals surface area contributed by atoms with Crippen molar-refractivity contribution in [2.75, 3.05) is 5.73 Å². The van der Waals surface area contributed by atoms with E-state index in [9.17, 15) is 13.5 Å². The lowest BCUT2D eigenvalue weighted by Crippen LogP contribution is -2.16. The molecule has 0 heterocycles. The molecule has 0 atom stereocenters. The van der Waals surface area contributed by atoms with E-state index >= 15 is 0 Å². The summed E-state index contributed by atoms with van der Waals surface area (Å²) in [5.74, 6) is 0.0471. The topological polar surface area (TPSA) is 105 Å². The molecule has 6 nitrogen and oxygen atoms in total. The molecule has 0 radical (unpaired) electrons. The van der Waals surface area contributed by atoms with Crippen molar-refractivity contribution in [2.45, 2.75) is 62.2 Å². The van der Waals surface area contributed by atoms with Gasteiger partial charge in [0.25, 0.3) is 0 Å². The zero-order valence-corrected chi connectivity index (χ0v) is 20.7. The number of nitrogens with zero attached hydrogens (tertiary/aromatic N) is 2. The first-order chi connectivity index (χ1) is 15.2. The van der Waals surface area contributed by atoms with E-state index in [1.165, 1.54) is 30.3 Å². The van der Waals surface area contributed by atoms with E-state index in [-0.39, 0.29) is 37.7 Å².